The standard InChI is InChI=1S/C19H17F3N4OS/c1-26(10-13-4-7-15(21)8-16(13)22)11-17-24-25-19(28-17)18(27)23-9-12-2-5-14(20)6-3-12/h2-8H,9-11H2,1H3,(H,23,27). The Bertz CT molecular complexity index is 962. The highest BCUT2D eigenvalue weighted by molar-refractivity contribution is 7.13. The second-order valence-electron chi connectivity index (χ2n) is 6.22. The lowest BCUT2D eigenvalue weighted by Crippen LogP contribution is -2.22. The Kier molecular flexibility index (Phi) is 6.37. The van der Waals surface area contributed by atoms with Crippen LogP contribution in [0.1, 0.15) is 25.9 Å². The first-order valence-electron chi connectivity index (χ1n) is 8.38. The zero-order valence-electron chi connectivity index (χ0n) is 15.0. The number of halogens is 3. The largest absolute Gasteiger partial charge is 0.346 e. The van der Waals surface area contributed by atoms with E-state index in [1.165, 1.54) is 24.3 Å². The lowest BCUT2D eigenvalue weighted by atomic mass is 10.2. The van der Waals surface area contributed by atoms with Crippen molar-refractivity contribution in [3.05, 3.63) is 81.1 Å². The molecule has 0 aliphatic rings. The summed E-state index contributed by atoms with van der Waals surface area (Å²) in [7, 11) is 1.76. The summed E-state index contributed by atoms with van der Waals surface area (Å²) in [5.41, 5.74) is 1.13. The molecule has 0 unspecified atom stereocenters. The maximum atomic E-state index is 13.7. The van der Waals surface area contributed by atoms with Crippen LogP contribution in [0.4, 0.5) is 13.2 Å². The van der Waals surface area contributed by atoms with Crippen molar-refractivity contribution in [3.8, 4) is 0 Å². The van der Waals surface area contributed by atoms with Crippen molar-refractivity contribution in [1.29, 1.82) is 0 Å². The van der Waals surface area contributed by atoms with Gasteiger partial charge in [-0.2, -0.15) is 0 Å². The van der Waals surface area contributed by atoms with Gasteiger partial charge >= 0.3 is 0 Å². The van der Waals surface area contributed by atoms with Crippen molar-refractivity contribution < 1.29 is 18.0 Å². The minimum atomic E-state index is -0.621. The Labute approximate surface area is 163 Å². The molecule has 1 heterocycles. The van der Waals surface area contributed by atoms with Gasteiger partial charge in [0, 0.05) is 24.7 Å². The molecule has 5 nitrogen and oxygen atoms in total. The van der Waals surface area contributed by atoms with Crippen molar-refractivity contribution in [2.75, 3.05) is 7.05 Å². The van der Waals surface area contributed by atoms with E-state index < -0.39 is 11.6 Å². The number of rotatable bonds is 7. The van der Waals surface area contributed by atoms with Crippen molar-refractivity contribution in [2.24, 2.45) is 0 Å². The molecule has 0 aliphatic carbocycles. The van der Waals surface area contributed by atoms with E-state index in [-0.39, 0.29) is 29.8 Å². The van der Waals surface area contributed by atoms with E-state index in [1.807, 2.05) is 0 Å². The fourth-order valence-corrected chi connectivity index (χ4v) is 3.33. The molecule has 0 aliphatic heterocycles. The zero-order chi connectivity index (χ0) is 20.1. The lowest BCUT2D eigenvalue weighted by Gasteiger charge is -2.15. The molecule has 0 atom stereocenters. The molecule has 9 heteroatoms. The third kappa shape index (κ3) is 5.37. The van der Waals surface area contributed by atoms with Crippen molar-refractivity contribution in [1.82, 2.24) is 20.4 Å². The summed E-state index contributed by atoms with van der Waals surface area (Å²) < 4.78 is 39.6. The molecular weight excluding hydrogens is 389 g/mol. The van der Waals surface area contributed by atoms with E-state index >= 15 is 0 Å². The third-order valence-electron chi connectivity index (χ3n) is 3.89. The smallest absolute Gasteiger partial charge is 0.282 e. The lowest BCUT2D eigenvalue weighted by molar-refractivity contribution is 0.0950. The van der Waals surface area contributed by atoms with E-state index in [0.29, 0.717) is 17.1 Å². The van der Waals surface area contributed by atoms with Gasteiger partial charge in [0.2, 0.25) is 5.01 Å². The molecule has 1 aromatic heterocycles. The topological polar surface area (TPSA) is 58.1 Å². The van der Waals surface area contributed by atoms with Gasteiger partial charge in [0.25, 0.3) is 5.91 Å². The first-order chi connectivity index (χ1) is 13.4. The second-order valence-corrected chi connectivity index (χ2v) is 7.28. The van der Waals surface area contributed by atoms with E-state index in [4.69, 9.17) is 0 Å². The highest BCUT2D eigenvalue weighted by Crippen LogP contribution is 2.16. The monoisotopic (exact) mass is 406 g/mol. The zero-order valence-corrected chi connectivity index (χ0v) is 15.8. The van der Waals surface area contributed by atoms with Crippen LogP contribution >= 0.6 is 11.3 Å². The first-order valence-corrected chi connectivity index (χ1v) is 9.20. The van der Waals surface area contributed by atoms with Crippen molar-refractivity contribution in [3.63, 3.8) is 0 Å². The Hall–Kier alpha value is -2.78. The molecule has 3 rings (SSSR count). The second kappa shape index (κ2) is 8.94. The van der Waals surface area contributed by atoms with Crippen molar-refractivity contribution in [2.45, 2.75) is 19.6 Å². The third-order valence-corrected chi connectivity index (χ3v) is 4.79. The van der Waals surface area contributed by atoms with Crippen LogP contribution in [0.2, 0.25) is 0 Å². The summed E-state index contributed by atoms with van der Waals surface area (Å²) in [4.78, 5) is 14.0. The van der Waals surface area contributed by atoms with Gasteiger partial charge in [0.05, 0.1) is 6.54 Å². The number of nitrogens with zero attached hydrogens (tertiary/aromatic N) is 3. The van der Waals surface area contributed by atoms with Crippen LogP contribution in [0.25, 0.3) is 0 Å². The number of carbonyl (C=O) groups excluding carboxylic acids is 1. The number of aromatic nitrogens is 2. The molecule has 146 valence electrons. The Balaban J connectivity index is 1.54. The number of nitrogens with one attached hydrogen (secondary N) is 1. The molecule has 2 aromatic carbocycles. The van der Waals surface area contributed by atoms with Gasteiger partial charge in [-0.1, -0.05) is 29.5 Å². The van der Waals surface area contributed by atoms with Crippen LogP contribution in [0.3, 0.4) is 0 Å². The Morgan fingerprint density at radius 1 is 1.04 bits per heavy atom. The first kappa shape index (κ1) is 20.0. The fourth-order valence-electron chi connectivity index (χ4n) is 2.50. The van der Waals surface area contributed by atoms with Crippen LogP contribution in [0.5, 0.6) is 0 Å². The average molecular weight is 406 g/mol. The SMILES string of the molecule is CN(Cc1nnc(C(=O)NCc2ccc(F)cc2)s1)Cc1ccc(F)cc1F. The minimum Gasteiger partial charge on any atom is -0.346 e. The van der Waals surface area contributed by atoms with Gasteiger partial charge in [-0.25, -0.2) is 13.2 Å². The van der Waals surface area contributed by atoms with Crippen LogP contribution in [0, 0.1) is 17.5 Å². The molecular formula is C19H17F3N4OS. The number of hydrogen-bond acceptors (Lipinski definition) is 5. The summed E-state index contributed by atoms with van der Waals surface area (Å²) in [6.07, 6.45) is 0. The molecule has 0 fully saturated rings. The van der Waals surface area contributed by atoms with Crippen LogP contribution < -0.4 is 5.32 Å². The molecule has 0 radical (unpaired) electrons. The van der Waals surface area contributed by atoms with Gasteiger partial charge in [0.15, 0.2) is 0 Å². The van der Waals surface area contributed by atoms with Gasteiger partial charge in [0.1, 0.15) is 22.5 Å². The Morgan fingerprint density at radius 2 is 1.75 bits per heavy atom. The van der Waals surface area contributed by atoms with E-state index in [9.17, 15) is 18.0 Å². The summed E-state index contributed by atoms with van der Waals surface area (Å²) in [6, 6.07) is 9.28. The van der Waals surface area contributed by atoms with Crippen LogP contribution in [-0.2, 0) is 19.6 Å². The number of benzene rings is 2. The number of amides is 1. The minimum absolute atomic E-state index is 0.207. The van der Waals surface area contributed by atoms with Gasteiger partial charge < -0.3 is 5.32 Å². The summed E-state index contributed by atoms with van der Waals surface area (Å²) in [5.74, 6) is -1.94. The highest BCUT2D eigenvalue weighted by atomic mass is 32.1. The van der Waals surface area contributed by atoms with E-state index in [2.05, 4.69) is 15.5 Å². The van der Waals surface area contributed by atoms with Crippen molar-refractivity contribution >= 4 is 17.2 Å². The maximum Gasteiger partial charge on any atom is 0.282 e. The van der Waals surface area contributed by atoms with Gasteiger partial charge in [-0.15, -0.1) is 10.2 Å². The average Bonchev–Trinajstić information content (AvgIpc) is 3.12. The fraction of sp³-hybridized carbons (Fsp3) is 0.211. The molecule has 1 amide bonds. The van der Waals surface area contributed by atoms with Gasteiger partial charge in [-0.05, 0) is 30.8 Å². The molecule has 0 spiro atoms. The molecule has 3 aromatic rings. The van der Waals surface area contributed by atoms with Crippen LogP contribution in [0.15, 0.2) is 42.5 Å². The number of hydrogen-bond donors (Lipinski definition) is 1. The predicted molar refractivity (Wildman–Crippen MR) is 99.0 cm³/mol. The van der Waals surface area contributed by atoms with E-state index in [1.54, 1.807) is 24.1 Å². The van der Waals surface area contributed by atoms with Gasteiger partial charge in [-0.3, -0.25) is 9.69 Å². The summed E-state index contributed by atoms with van der Waals surface area (Å²) in [6.45, 7) is 0.870. The van der Waals surface area contributed by atoms with E-state index in [0.717, 1.165) is 23.0 Å². The molecule has 0 saturated heterocycles. The summed E-state index contributed by atoms with van der Waals surface area (Å²) >= 11 is 1.13. The molecule has 28 heavy (non-hydrogen) atoms. The normalized spacial score (nSPS) is 11.0. The molecule has 0 saturated carbocycles. The maximum absolute atomic E-state index is 13.7. The molecule has 0 bridgehead atoms. The van der Waals surface area contributed by atoms with Crippen LogP contribution in [-0.4, -0.2) is 28.1 Å². The predicted octanol–water partition coefficient (Wildman–Crippen LogP) is 3.52. The Morgan fingerprint density at radius 3 is 2.46 bits per heavy atom. The highest BCUT2D eigenvalue weighted by Gasteiger charge is 2.15. The summed E-state index contributed by atoms with van der Waals surface area (Å²) in [5, 5.41) is 11.4. The molecule has 1 N–H and O–H groups in total. The quantitative estimate of drug-likeness (QED) is 0.652. The number of carbonyl (C=O) groups is 1.